The van der Waals surface area contributed by atoms with E-state index in [9.17, 15) is 9.59 Å². The lowest BCUT2D eigenvalue weighted by Crippen LogP contribution is -2.45. The molecule has 0 saturated heterocycles. The van der Waals surface area contributed by atoms with Gasteiger partial charge in [-0.2, -0.15) is 0 Å². The van der Waals surface area contributed by atoms with Crippen LogP contribution in [0, 0.1) is 6.92 Å². The lowest BCUT2D eigenvalue weighted by molar-refractivity contribution is -0.139. The van der Waals surface area contributed by atoms with Crippen molar-refractivity contribution < 1.29 is 14.3 Å². The SMILES string of the molecule is CCOC(=O)C1=C(C)NC(=O)N[C@@H]1c1cc(C)cs1. The van der Waals surface area contributed by atoms with E-state index in [1.807, 2.05) is 18.4 Å². The summed E-state index contributed by atoms with van der Waals surface area (Å²) in [5.41, 5.74) is 2.11. The van der Waals surface area contributed by atoms with Gasteiger partial charge >= 0.3 is 12.0 Å². The highest BCUT2D eigenvalue weighted by Gasteiger charge is 2.32. The van der Waals surface area contributed by atoms with Gasteiger partial charge in [0.15, 0.2) is 0 Å². The molecule has 0 fully saturated rings. The molecule has 0 saturated carbocycles. The van der Waals surface area contributed by atoms with Crippen LogP contribution in [-0.4, -0.2) is 18.6 Å². The molecule has 2 N–H and O–H groups in total. The molecule has 1 aliphatic heterocycles. The standard InChI is InChI=1S/C13H16N2O3S/c1-4-18-12(16)10-8(3)14-13(17)15-11(10)9-5-7(2)6-19-9/h5-6,11H,4H2,1-3H3,(H2,14,15,17)/t11-/m1/s1. The number of carbonyl (C=O) groups is 2. The van der Waals surface area contributed by atoms with Crippen LogP contribution in [0.5, 0.6) is 0 Å². The first-order valence-electron chi connectivity index (χ1n) is 6.03. The van der Waals surface area contributed by atoms with Gasteiger partial charge in [-0.25, -0.2) is 9.59 Å². The number of urea groups is 1. The van der Waals surface area contributed by atoms with Gasteiger partial charge in [0.1, 0.15) is 0 Å². The van der Waals surface area contributed by atoms with Crippen molar-refractivity contribution in [3.63, 3.8) is 0 Å². The first-order chi connectivity index (χ1) is 9.02. The summed E-state index contributed by atoms with van der Waals surface area (Å²) < 4.78 is 5.06. The number of hydrogen-bond donors (Lipinski definition) is 2. The van der Waals surface area contributed by atoms with E-state index in [1.165, 1.54) is 11.3 Å². The molecule has 19 heavy (non-hydrogen) atoms. The van der Waals surface area contributed by atoms with Crippen LogP contribution in [0.3, 0.4) is 0 Å². The lowest BCUT2D eigenvalue weighted by atomic mass is 10.0. The Balaban J connectivity index is 2.40. The number of amides is 2. The summed E-state index contributed by atoms with van der Waals surface area (Å²) in [6.07, 6.45) is 0. The predicted octanol–water partition coefficient (Wildman–Crippen LogP) is 2.25. The summed E-state index contributed by atoms with van der Waals surface area (Å²) in [5, 5.41) is 7.36. The average Bonchev–Trinajstić information content (AvgIpc) is 2.75. The second kappa shape index (κ2) is 5.44. The quantitative estimate of drug-likeness (QED) is 0.834. The van der Waals surface area contributed by atoms with E-state index in [0.717, 1.165) is 10.4 Å². The average molecular weight is 280 g/mol. The van der Waals surface area contributed by atoms with Crippen molar-refractivity contribution in [2.24, 2.45) is 0 Å². The maximum atomic E-state index is 12.0. The minimum Gasteiger partial charge on any atom is -0.463 e. The van der Waals surface area contributed by atoms with Crippen LogP contribution in [0.2, 0.25) is 0 Å². The topological polar surface area (TPSA) is 67.4 Å². The number of hydrogen-bond acceptors (Lipinski definition) is 4. The first kappa shape index (κ1) is 13.6. The van der Waals surface area contributed by atoms with Gasteiger partial charge in [0, 0.05) is 10.6 Å². The van der Waals surface area contributed by atoms with Gasteiger partial charge in [-0.1, -0.05) is 0 Å². The molecule has 0 aromatic carbocycles. The predicted molar refractivity (Wildman–Crippen MR) is 72.8 cm³/mol. The van der Waals surface area contributed by atoms with Crippen LogP contribution in [0.25, 0.3) is 0 Å². The van der Waals surface area contributed by atoms with Crippen LogP contribution >= 0.6 is 11.3 Å². The Labute approximate surface area is 115 Å². The third-order valence-electron chi connectivity index (χ3n) is 2.80. The second-order valence-corrected chi connectivity index (χ2v) is 5.26. The lowest BCUT2D eigenvalue weighted by Gasteiger charge is -2.27. The molecule has 1 aliphatic rings. The zero-order valence-electron chi connectivity index (χ0n) is 11.1. The molecule has 1 aromatic rings. The third-order valence-corrected chi connectivity index (χ3v) is 3.92. The van der Waals surface area contributed by atoms with Crippen molar-refractivity contribution >= 4 is 23.3 Å². The van der Waals surface area contributed by atoms with E-state index in [-0.39, 0.29) is 6.03 Å². The third kappa shape index (κ3) is 2.78. The molecule has 0 aliphatic carbocycles. The van der Waals surface area contributed by atoms with Gasteiger partial charge in [-0.15, -0.1) is 11.3 Å². The van der Waals surface area contributed by atoms with Crippen molar-refractivity contribution in [1.29, 1.82) is 0 Å². The maximum Gasteiger partial charge on any atom is 0.338 e. The molecule has 5 nitrogen and oxygen atoms in total. The Bertz CT molecular complexity index is 548. The number of ether oxygens (including phenoxy) is 1. The van der Waals surface area contributed by atoms with Gasteiger partial charge in [0.25, 0.3) is 0 Å². The number of aryl methyl sites for hydroxylation is 1. The fourth-order valence-electron chi connectivity index (χ4n) is 1.99. The molecule has 2 amide bonds. The Kier molecular flexibility index (Phi) is 3.90. The largest absolute Gasteiger partial charge is 0.463 e. The van der Waals surface area contributed by atoms with Crippen molar-refractivity contribution in [3.8, 4) is 0 Å². The summed E-state index contributed by atoms with van der Waals surface area (Å²) in [5.74, 6) is -0.399. The Hall–Kier alpha value is -1.82. The summed E-state index contributed by atoms with van der Waals surface area (Å²) >= 11 is 1.51. The number of carbonyl (C=O) groups excluding carboxylic acids is 2. The van der Waals surface area contributed by atoms with Gasteiger partial charge in [0.2, 0.25) is 0 Å². The molecule has 6 heteroatoms. The molecule has 0 spiro atoms. The van der Waals surface area contributed by atoms with Gasteiger partial charge in [0.05, 0.1) is 18.2 Å². The molecule has 1 aromatic heterocycles. The summed E-state index contributed by atoms with van der Waals surface area (Å²) in [6.45, 7) is 5.74. The van der Waals surface area contributed by atoms with Crippen LogP contribution in [0.15, 0.2) is 22.7 Å². The molecule has 0 bridgehead atoms. The monoisotopic (exact) mass is 280 g/mol. The van der Waals surface area contributed by atoms with Crippen molar-refractivity contribution in [2.75, 3.05) is 6.61 Å². The smallest absolute Gasteiger partial charge is 0.338 e. The van der Waals surface area contributed by atoms with E-state index < -0.39 is 12.0 Å². The zero-order valence-corrected chi connectivity index (χ0v) is 11.9. The number of esters is 1. The number of nitrogens with one attached hydrogen (secondary N) is 2. The van der Waals surface area contributed by atoms with Crippen LogP contribution in [-0.2, 0) is 9.53 Å². The minimum atomic E-state index is -0.438. The molecular weight excluding hydrogens is 264 g/mol. The Morgan fingerprint density at radius 3 is 2.79 bits per heavy atom. The van der Waals surface area contributed by atoms with Crippen molar-refractivity contribution in [2.45, 2.75) is 26.8 Å². The Morgan fingerprint density at radius 2 is 2.21 bits per heavy atom. The van der Waals surface area contributed by atoms with Crippen LogP contribution < -0.4 is 10.6 Å². The number of rotatable bonds is 3. The van der Waals surface area contributed by atoms with E-state index in [1.54, 1.807) is 13.8 Å². The van der Waals surface area contributed by atoms with E-state index >= 15 is 0 Å². The molecule has 0 unspecified atom stereocenters. The van der Waals surface area contributed by atoms with E-state index in [2.05, 4.69) is 10.6 Å². The summed E-state index contributed by atoms with van der Waals surface area (Å²) in [7, 11) is 0. The first-order valence-corrected chi connectivity index (χ1v) is 6.91. The van der Waals surface area contributed by atoms with Gasteiger partial charge < -0.3 is 15.4 Å². The maximum absolute atomic E-state index is 12.0. The van der Waals surface area contributed by atoms with Crippen molar-refractivity contribution in [1.82, 2.24) is 10.6 Å². The van der Waals surface area contributed by atoms with Crippen molar-refractivity contribution in [3.05, 3.63) is 33.2 Å². The van der Waals surface area contributed by atoms with Crippen LogP contribution in [0.1, 0.15) is 30.3 Å². The highest BCUT2D eigenvalue weighted by Crippen LogP contribution is 2.31. The molecule has 2 rings (SSSR count). The van der Waals surface area contributed by atoms with Gasteiger partial charge in [-0.3, -0.25) is 0 Å². The fraction of sp³-hybridized carbons (Fsp3) is 0.385. The minimum absolute atomic E-state index is 0.304. The molecular formula is C13H16N2O3S. The highest BCUT2D eigenvalue weighted by atomic mass is 32.1. The number of thiophene rings is 1. The zero-order chi connectivity index (χ0) is 14.0. The molecule has 1 atom stereocenters. The Morgan fingerprint density at radius 1 is 1.47 bits per heavy atom. The summed E-state index contributed by atoms with van der Waals surface area (Å²) in [4.78, 5) is 24.6. The second-order valence-electron chi connectivity index (χ2n) is 4.32. The fourth-order valence-corrected chi connectivity index (χ4v) is 2.95. The summed E-state index contributed by atoms with van der Waals surface area (Å²) in [6, 6.07) is 1.22. The molecule has 2 heterocycles. The highest BCUT2D eigenvalue weighted by molar-refractivity contribution is 7.10. The molecule has 102 valence electrons. The van der Waals surface area contributed by atoms with E-state index in [0.29, 0.717) is 17.9 Å². The number of allylic oxidation sites excluding steroid dienone is 1. The van der Waals surface area contributed by atoms with E-state index in [4.69, 9.17) is 4.74 Å². The normalized spacial score (nSPS) is 18.9. The van der Waals surface area contributed by atoms with Crippen LogP contribution in [0.4, 0.5) is 4.79 Å². The molecule has 0 radical (unpaired) electrons. The van der Waals surface area contributed by atoms with Gasteiger partial charge in [-0.05, 0) is 37.8 Å².